The van der Waals surface area contributed by atoms with Crippen molar-refractivity contribution in [3.8, 4) is 0 Å². The van der Waals surface area contributed by atoms with Crippen LogP contribution in [-0.2, 0) is 16.4 Å². The molecule has 1 aromatic carbocycles. The highest BCUT2D eigenvalue weighted by molar-refractivity contribution is 7.89. The lowest BCUT2D eigenvalue weighted by atomic mass is 10.2. The molecule has 0 aliphatic carbocycles. The van der Waals surface area contributed by atoms with E-state index in [4.69, 9.17) is 0 Å². The Morgan fingerprint density at radius 1 is 1.27 bits per heavy atom. The van der Waals surface area contributed by atoms with Crippen LogP contribution >= 0.6 is 12.6 Å². The van der Waals surface area contributed by atoms with Gasteiger partial charge >= 0.3 is 0 Å². The fourth-order valence-corrected chi connectivity index (χ4v) is 2.46. The van der Waals surface area contributed by atoms with Gasteiger partial charge in [0.25, 0.3) is 0 Å². The maximum absolute atomic E-state index is 11.6. The first-order valence-electron chi connectivity index (χ1n) is 4.79. The molecule has 0 aromatic heterocycles. The maximum Gasteiger partial charge on any atom is 0.240 e. The summed E-state index contributed by atoms with van der Waals surface area (Å²) in [5, 5.41) is 0. The van der Waals surface area contributed by atoms with Crippen molar-refractivity contribution in [2.45, 2.75) is 18.2 Å². The van der Waals surface area contributed by atoms with Gasteiger partial charge in [-0.15, -0.1) is 0 Å². The van der Waals surface area contributed by atoms with Gasteiger partial charge in [0.15, 0.2) is 0 Å². The summed E-state index contributed by atoms with van der Waals surface area (Å²) in [6.45, 7) is 2.38. The maximum atomic E-state index is 11.6. The Labute approximate surface area is 96.4 Å². The molecule has 0 amide bonds. The van der Waals surface area contributed by atoms with Gasteiger partial charge in [-0.25, -0.2) is 13.1 Å². The Morgan fingerprint density at radius 2 is 1.87 bits per heavy atom. The summed E-state index contributed by atoms with van der Waals surface area (Å²) < 4.78 is 25.7. The summed E-state index contributed by atoms with van der Waals surface area (Å²) in [5.74, 6) is 0.492. The van der Waals surface area contributed by atoms with Crippen LogP contribution in [0.2, 0.25) is 0 Å². The van der Waals surface area contributed by atoms with Gasteiger partial charge in [0.1, 0.15) is 0 Å². The molecule has 5 heteroatoms. The number of nitrogens with one attached hydrogen (secondary N) is 1. The van der Waals surface area contributed by atoms with Crippen molar-refractivity contribution in [1.82, 2.24) is 4.72 Å². The number of sulfonamides is 1. The smallest absolute Gasteiger partial charge is 0.210 e. The first kappa shape index (κ1) is 12.5. The van der Waals surface area contributed by atoms with Crippen molar-refractivity contribution < 1.29 is 8.42 Å². The van der Waals surface area contributed by atoms with E-state index in [1.54, 1.807) is 12.1 Å². The van der Waals surface area contributed by atoms with E-state index in [0.717, 1.165) is 12.0 Å². The molecule has 0 radical (unpaired) electrons. The fourth-order valence-electron chi connectivity index (χ4n) is 1.17. The lowest BCUT2D eigenvalue weighted by Crippen LogP contribution is -2.25. The molecule has 0 atom stereocenters. The molecule has 1 aromatic rings. The highest BCUT2D eigenvalue weighted by Gasteiger charge is 2.11. The van der Waals surface area contributed by atoms with E-state index in [9.17, 15) is 8.42 Å². The second kappa shape index (κ2) is 5.53. The summed E-state index contributed by atoms with van der Waals surface area (Å²) in [5.41, 5.74) is 1.13. The second-order valence-corrected chi connectivity index (χ2v) is 5.33. The SMILES string of the molecule is CCc1ccc(S(=O)(=O)NCCS)cc1. The molecule has 1 N–H and O–H groups in total. The first-order valence-corrected chi connectivity index (χ1v) is 6.91. The summed E-state index contributed by atoms with van der Waals surface area (Å²) >= 11 is 3.95. The van der Waals surface area contributed by atoms with E-state index in [1.165, 1.54) is 0 Å². The summed E-state index contributed by atoms with van der Waals surface area (Å²) in [6, 6.07) is 6.91. The number of rotatable bonds is 5. The van der Waals surface area contributed by atoms with E-state index >= 15 is 0 Å². The van der Waals surface area contributed by atoms with Crippen molar-refractivity contribution in [3.63, 3.8) is 0 Å². The molecule has 0 aliphatic heterocycles. The Bertz CT molecular complexity index is 398. The molecular formula is C10H15NO2S2. The molecule has 0 unspecified atom stereocenters. The number of benzene rings is 1. The van der Waals surface area contributed by atoms with E-state index in [1.807, 2.05) is 19.1 Å². The van der Waals surface area contributed by atoms with Crippen LogP contribution in [-0.4, -0.2) is 20.7 Å². The third kappa shape index (κ3) is 3.52. The van der Waals surface area contributed by atoms with Crippen molar-refractivity contribution in [2.24, 2.45) is 0 Å². The third-order valence-corrected chi connectivity index (χ3v) is 3.75. The standard InChI is InChI=1S/C10H15NO2S2/c1-2-9-3-5-10(6-4-9)15(12,13)11-7-8-14/h3-6,11,14H,2,7-8H2,1H3. The van der Waals surface area contributed by atoms with E-state index in [-0.39, 0.29) is 0 Å². The molecule has 1 rings (SSSR count). The van der Waals surface area contributed by atoms with Crippen molar-refractivity contribution in [3.05, 3.63) is 29.8 Å². The Kier molecular flexibility index (Phi) is 4.63. The van der Waals surface area contributed by atoms with Gasteiger partial charge in [-0.1, -0.05) is 19.1 Å². The number of thiol groups is 1. The van der Waals surface area contributed by atoms with Crippen LogP contribution in [0.25, 0.3) is 0 Å². The average molecular weight is 245 g/mol. The van der Waals surface area contributed by atoms with Gasteiger partial charge in [0.05, 0.1) is 4.90 Å². The monoisotopic (exact) mass is 245 g/mol. The largest absolute Gasteiger partial charge is 0.240 e. The minimum atomic E-state index is -3.35. The zero-order valence-electron chi connectivity index (χ0n) is 8.60. The average Bonchev–Trinajstić information content (AvgIpc) is 2.26. The predicted octanol–water partition coefficient (Wildman–Crippen LogP) is 1.46. The summed E-state index contributed by atoms with van der Waals surface area (Å²) in [6.07, 6.45) is 0.907. The Morgan fingerprint density at radius 3 is 2.33 bits per heavy atom. The van der Waals surface area contributed by atoms with Crippen LogP contribution in [0.3, 0.4) is 0 Å². The quantitative estimate of drug-likeness (QED) is 0.771. The van der Waals surface area contributed by atoms with Gasteiger partial charge in [-0.3, -0.25) is 0 Å². The van der Waals surface area contributed by atoms with Crippen molar-refractivity contribution >= 4 is 22.7 Å². The lowest BCUT2D eigenvalue weighted by Gasteiger charge is -2.05. The van der Waals surface area contributed by atoms with E-state index < -0.39 is 10.0 Å². The van der Waals surface area contributed by atoms with Crippen LogP contribution in [0.15, 0.2) is 29.2 Å². The van der Waals surface area contributed by atoms with Crippen molar-refractivity contribution in [1.29, 1.82) is 0 Å². The lowest BCUT2D eigenvalue weighted by molar-refractivity contribution is 0.584. The van der Waals surface area contributed by atoms with Crippen LogP contribution in [0.4, 0.5) is 0 Å². The number of hydrogen-bond donors (Lipinski definition) is 2. The zero-order valence-corrected chi connectivity index (χ0v) is 10.3. The Balaban J connectivity index is 2.86. The first-order chi connectivity index (χ1) is 7.10. The van der Waals surface area contributed by atoms with Gasteiger partial charge in [-0.05, 0) is 24.1 Å². The normalized spacial score (nSPS) is 11.6. The molecule has 0 aliphatic rings. The molecule has 0 saturated heterocycles. The van der Waals surface area contributed by atoms with E-state index in [2.05, 4.69) is 17.4 Å². The van der Waals surface area contributed by atoms with E-state index in [0.29, 0.717) is 17.2 Å². The predicted molar refractivity (Wildman–Crippen MR) is 64.9 cm³/mol. The van der Waals surface area contributed by atoms with Crippen LogP contribution in [0.1, 0.15) is 12.5 Å². The topological polar surface area (TPSA) is 46.2 Å². The highest BCUT2D eigenvalue weighted by Crippen LogP contribution is 2.10. The molecule has 0 bridgehead atoms. The molecule has 3 nitrogen and oxygen atoms in total. The van der Waals surface area contributed by atoms with Gasteiger partial charge < -0.3 is 0 Å². The molecule has 15 heavy (non-hydrogen) atoms. The summed E-state index contributed by atoms with van der Waals surface area (Å²) in [4.78, 5) is 0.307. The zero-order chi connectivity index (χ0) is 11.3. The van der Waals surface area contributed by atoms with Gasteiger partial charge in [0, 0.05) is 12.3 Å². The third-order valence-electron chi connectivity index (χ3n) is 2.05. The highest BCUT2D eigenvalue weighted by atomic mass is 32.2. The second-order valence-electron chi connectivity index (χ2n) is 3.12. The molecule has 0 spiro atoms. The summed E-state index contributed by atoms with van der Waals surface area (Å²) in [7, 11) is -3.35. The van der Waals surface area contributed by atoms with Crippen LogP contribution in [0.5, 0.6) is 0 Å². The number of hydrogen-bond acceptors (Lipinski definition) is 3. The Hall–Kier alpha value is -0.520. The molecule has 0 fully saturated rings. The fraction of sp³-hybridized carbons (Fsp3) is 0.400. The van der Waals surface area contributed by atoms with Crippen LogP contribution < -0.4 is 4.72 Å². The van der Waals surface area contributed by atoms with Gasteiger partial charge in [0.2, 0.25) is 10.0 Å². The molecule has 84 valence electrons. The minimum absolute atomic E-state index is 0.307. The van der Waals surface area contributed by atoms with Gasteiger partial charge in [-0.2, -0.15) is 12.6 Å². The molecular weight excluding hydrogens is 230 g/mol. The number of aryl methyl sites for hydroxylation is 1. The molecule has 0 saturated carbocycles. The molecule has 0 heterocycles. The van der Waals surface area contributed by atoms with Crippen LogP contribution in [0, 0.1) is 0 Å². The van der Waals surface area contributed by atoms with Crippen molar-refractivity contribution in [2.75, 3.05) is 12.3 Å². The minimum Gasteiger partial charge on any atom is -0.210 e.